The lowest BCUT2D eigenvalue weighted by Gasteiger charge is -2.13. The summed E-state index contributed by atoms with van der Waals surface area (Å²) in [5, 5.41) is 11.5. The van der Waals surface area contributed by atoms with Crippen molar-refractivity contribution >= 4 is 11.7 Å². The van der Waals surface area contributed by atoms with Crippen LogP contribution in [-0.2, 0) is 13.1 Å². The summed E-state index contributed by atoms with van der Waals surface area (Å²) >= 11 is 0. The van der Waals surface area contributed by atoms with Crippen LogP contribution in [-0.4, -0.2) is 37.1 Å². The van der Waals surface area contributed by atoms with E-state index in [1.54, 1.807) is 0 Å². The van der Waals surface area contributed by atoms with Crippen molar-refractivity contribution < 1.29 is 23.1 Å². The summed E-state index contributed by atoms with van der Waals surface area (Å²) in [6.45, 7) is -0.296. The molecular weight excluding hydrogens is 462 g/mol. The Labute approximate surface area is 197 Å². The molecule has 0 spiro atoms. The Balaban J connectivity index is 1.75. The van der Waals surface area contributed by atoms with Gasteiger partial charge in [0.15, 0.2) is 17.2 Å². The van der Waals surface area contributed by atoms with Crippen LogP contribution in [0.3, 0.4) is 0 Å². The number of aliphatic hydroxyl groups is 1. The van der Waals surface area contributed by atoms with E-state index < -0.39 is 24.1 Å². The summed E-state index contributed by atoms with van der Waals surface area (Å²) in [7, 11) is 0. The molecule has 180 valence electrons. The van der Waals surface area contributed by atoms with Crippen LogP contribution in [0, 0.1) is 11.6 Å². The highest BCUT2D eigenvalue weighted by Crippen LogP contribution is 2.29. The third kappa shape index (κ3) is 5.06. The van der Waals surface area contributed by atoms with Gasteiger partial charge in [-0.05, 0) is 24.6 Å². The third-order valence-electron chi connectivity index (χ3n) is 5.07. The van der Waals surface area contributed by atoms with Gasteiger partial charge in [-0.2, -0.15) is 0 Å². The van der Waals surface area contributed by atoms with E-state index >= 15 is 0 Å². The molecule has 1 aromatic carbocycles. The molecule has 0 saturated heterocycles. The monoisotopic (exact) mass is 482 g/mol. The van der Waals surface area contributed by atoms with Gasteiger partial charge in [-0.1, -0.05) is 6.07 Å². The Morgan fingerprint density at radius 3 is 2.60 bits per heavy atom. The first-order valence-electron chi connectivity index (χ1n) is 10.5. The number of amides is 1. The molecule has 0 fully saturated rings. The van der Waals surface area contributed by atoms with E-state index in [9.17, 15) is 18.4 Å². The highest BCUT2D eigenvalue weighted by atomic mass is 19.1. The summed E-state index contributed by atoms with van der Waals surface area (Å²) in [4.78, 5) is 37.7. The molecule has 0 unspecified atom stereocenters. The zero-order valence-electron chi connectivity index (χ0n) is 18.2. The number of aliphatic hydroxyl groups excluding tert-OH is 1. The van der Waals surface area contributed by atoms with Gasteiger partial charge < -0.3 is 25.1 Å². The van der Waals surface area contributed by atoms with Crippen LogP contribution in [0.4, 0.5) is 14.6 Å². The van der Waals surface area contributed by atoms with E-state index in [-0.39, 0.29) is 53.1 Å². The average molecular weight is 482 g/mol. The Morgan fingerprint density at radius 1 is 1.14 bits per heavy atom. The molecule has 12 heteroatoms. The lowest BCUT2D eigenvalue weighted by molar-refractivity contribution is 0.0946. The quantitative estimate of drug-likeness (QED) is 0.346. The van der Waals surface area contributed by atoms with Gasteiger partial charge in [0.25, 0.3) is 11.5 Å². The Bertz CT molecular complexity index is 1400. The normalized spacial score (nSPS) is 10.9. The molecule has 0 aliphatic carbocycles. The van der Waals surface area contributed by atoms with Crippen LogP contribution in [0.5, 0.6) is 0 Å². The number of nitrogens with zero attached hydrogens (tertiary/aromatic N) is 4. The Kier molecular flexibility index (Phi) is 6.92. The van der Waals surface area contributed by atoms with Gasteiger partial charge in [0.2, 0.25) is 5.89 Å². The van der Waals surface area contributed by atoms with Gasteiger partial charge >= 0.3 is 0 Å². The lowest BCUT2D eigenvalue weighted by Crippen LogP contribution is -2.27. The van der Waals surface area contributed by atoms with Crippen LogP contribution in [0.2, 0.25) is 0 Å². The molecule has 4 aromatic rings. The molecule has 0 saturated carbocycles. The van der Waals surface area contributed by atoms with Crippen molar-refractivity contribution in [3.8, 4) is 22.8 Å². The number of anilines is 1. The fraction of sp³-hybridized carbons (Fsp3) is 0.174. The Hall–Kier alpha value is -4.45. The van der Waals surface area contributed by atoms with E-state index in [1.807, 2.05) is 0 Å². The second-order valence-electron chi connectivity index (χ2n) is 7.40. The van der Waals surface area contributed by atoms with E-state index in [2.05, 4.69) is 20.3 Å². The molecule has 1 amide bonds. The molecule has 0 atom stereocenters. The topological polar surface area (TPSA) is 149 Å². The molecule has 10 nitrogen and oxygen atoms in total. The molecule has 3 aromatic heterocycles. The van der Waals surface area contributed by atoms with E-state index in [4.69, 9.17) is 15.3 Å². The van der Waals surface area contributed by atoms with Crippen molar-refractivity contribution in [1.29, 1.82) is 0 Å². The molecule has 0 bridgehead atoms. The van der Waals surface area contributed by atoms with Crippen LogP contribution in [0.1, 0.15) is 22.5 Å². The lowest BCUT2D eigenvalue weighted by atomic mass is 10.1. The van der Waals surface area contributed by atoms with E-state index in [0.717, 1.165) is 12.1 Å². The smallest absolute Gasteiger partial charge is 0.274 e. The van der Waals surface area contributed by atoms with Gasteiger partial charge in [-0.15, -0.1) is 0 Å². The van der Waals surface area contributed by atoms with Gasteiger partial charge in [0, 0.05) is 43.1 Å². The van der Waals surface area contributed by atoms with Gasteiger partial charge in [0.1, 0.15) is 23.6 Å². The minimum Gasteiger partial charge on any atom is -0.443 e. The summed E-state index contributed by atoms with van der Waals surface area (Å²) in [6.07, 6.45) is 4.57. The highest BCUT2D eigenvalue weighted by Gasteiger charge is 2.23. The fourth-order valence-corrected chi connectivity index (χ4v) is 3.35. The molecular formula is C23H20F2N6O4. The third-order valence-corrected chi connectivity index (χ3v) is 5.07. The predicted octanol–water partition coefficient (Wildman–Crippen LogP) is 2.13. The molecule has 0 aliphatic heterocycles. The maximum atomic E-state index is 13.9. The first-order valence-corrected chi connectivity index (χ1v) is 10.5. The molecule has 4 rings (SSSR count). The number of hydrogen-bond donors (Lipinski definition) is 3. The van der Waals surface area contributed by atoms with Gasteiger partial charge in [-0.25, -0.2) is 23.7 Å². The number of hydrogen-bond acceptors (Lipinski definition) is 8. The van der Waals surface area contributed by atoms with Crippen LogP contribution in [0.25, 0.3) is 22.8 Å². The van der Waals surface area contributed by atoms with Crippen molar-refractivity contribution in [1.82, 2.24) is 24.8 Å². The van der Waals surface area contributed by atoms with Crippen LogP contribution >= 0.6 is 0 Å². The van der Waals surface area contributed by atoms with Crippen LogP contribution in [0.15, 0.2) is 58.2 Å². The number of aryl methyl sites for hydroxylation is 1. The number of aromatic nitrogens is 4. The standard InChI is InChI=1S/C23H20F2N6O4/c24-15-3-1-4-16(25)14(15)11-28-22(34)20-21(26)30-19(23-27-7-10-35-23)18(29-20)13-5-6-17(33)31(12-13)8-2-9-32/h1,3-7,10,12,32H,2,8-9,11H2,(H2,26,30)(H,28,34). The molecule has 3 heterocycles. The van der Waals surface area contributed by atoms with Crippen molar-refractivity contribution in [2.45, 2.75) is 19.5 Å². The first-order chi connectivity index (χ1) is 16.9. The zero-order chi connectivity index (χ0) is 24.9. The van der Waals surface area contributed by atoms with Crippen molar-refractivity contribution in [3.63, 3.8) is 0 Å². The number of oxazole rings is 1. The average Bonchev–Trinajstić information content (AvgIpc) is 3.38. The van der Waals surface area contributed by atoms with E-state index in [0.29, 0.717) is 12.0 Å². The number of nitrogen functional groups attached to an aromatic ring is 1. The predicted molar refractivity (Wildman–Crippen MR) is 121 cm³/mol. The van der Waals surface area contributed by atoms with Gasteiger partial charge in [0.05, 0.1) is 6.20 Å². The largest absolute Gasteiger partial charge is 0.443 e. The molecule has 0 radical (unpaired) electrons. The minimum atomic E-state index is -0.813. The number of nitrogens with two attached hydrogens (primary N) is 1. The first kappa shape index (κ1) is 23.7. The fourth-order valence-electron chi connectivity index (χ4n) is 3.35. The summed E-state index contributed by atoms with van der Waals surface area (Å²) in [6, 6.07) is 6.17. The molecule has 4 N–H and O–H groups in total. The van der Waals surface area contributed by atoms with Crippen molar-refractivity contribution in [2.75, 3.05) is 12.3 Å². The van der Waals surface area contributed by atoms with Crippen molar-refractivity contribution in [2.24, 2.45) is 0 Å². The number of rotatable bonds is 8. The summed E-state index contributed by atoms with van der Waals surface area (Å²) in [5.74, 6) is -2.62. The maximum absolute atomic E-state index is 13.9. The zero-order valence-corrected chi connectivity index (χ0v) is 18.2. The van der Waals surface area contributed by atoms with Crippen molar-refractivity contribution in [3.05, 3.63) is 82.2 Å². The number of pyridine rings is 1. The number of nitrogens with one attached hydrogen (secondary N) is 1. The number of benzene rings is 1. The second-order valence-corrected chi connectivity index (χ2v) is 7.40. The summed E-state index contributed by atoms with van der Waals surface area (Å²) < 4.78 is 34.6. The number of halogens is 2. The highest BCUT2D eigenvalue weighted by molar-refractivity contribution is 5.97. The van der Waals surface area contributed by atoms with E-state index in [1.165, 1.54) is 41.4 Å². The summed E-state index contributed by atoms with van der Waals surface area (Å²) in [5.41, 5.74) is 5.74. The number of carbonyl (C=O) groups is 1. The SMILES string of the molecule is Nc1nc(-c2ncco2)c(-c2ccc(=O)n(CCCO)c2)nc1C(=O)NCc1c(F)cccc1F. The number of carbonyl (C=O) groups excluding carboxylic acids is 1. The minimum absolute atomic E-state index is 0.0766. The Morgan fingerprint density at radius 2 is 1.91 bits per heavy atom. The van der Waals surface area contributed by atoms with Crippen LogP contribution < -0.4 is 16.6 Å². The second kappa shape index (κ2) is 10.2. The van der Waals surface area contributed by atoms with Gasteiger partial charge in [-0.3, -0.25) is 9.59 Å². The maximum Gasteiger partial charge on any atom is 0.274 e. The molecule has 35 heavy (non-hydrogen) atoms. The molecule has 0 aliphatic rings.